The molecule has 154 valence electrons. The third-order valence-electron chi connectivity index (χ3n) is 5.75. The molecule has 0 amide bonds. The van der Waals surface area contributed by atoms with Gasteiger partial charge in [-0.2, -0.15) is 5.06 Å². The second-order valence-electron chi connectivity index (χ2n) is 10.3. The van der Waals surface area contributed by atoms with E-state index in [1.807, 2.05) is 6.92 Å². The molecule has 0 aliphatic carbocycles. The lowest BCUT2D eigenvalue weighted by atomic mass is 9.65. The minimum Gasteiger partial charge on any atom is -0.466 e. The molecular formula is C22H43NO3. The number of esters is 1. The van der Waals surface area contributed by atoms with Crippen LogP contribution in [0.15, 0.2) is 0 Å². The molecule has 0 bridgehead atoms. The van der Waals surface area contributed by atoms with E-state index in [9.17, 15) is 4.79 Å². The van der Waals surface area contributed by atoms with Gasteiger partial charge in [0.2, 0.25) is 0 Å². The van der Waals surface area contributed by atoms with E-state index in [0.29, 0.717) is 19.1 Å². The maximum atomic E-state index is 12.3. The Morgan fingerprint density at radius 3 is 2.08 bits per heavy atom. The summed E-state index contributed by atoms with van der Waals surface area (Å²) in [6.45, 7) is 20.9. The summed E-state index contributed by atoms with van der Waals surface area (Å²) in [4.78, 5) is 18.6. The summed E-state index contributed by atoms with van der Waals surface area (Å²) < 4.78 is 5.27. The van der Waals surface area contributed by atoms with Crippen molar-refractivity contribution in [2.75, 3.05) is 13.2 Å². The summed E-state index contributed by atoms with van der Waals surface area (Å²) in [5.74, 6) is 0.344. The van der Waals surface area contributed by atoms with Crippen LogP contribution in [-0.2, 0) is 14.4 Å². The van der Waals surface area contributed by atoms with E-state index < -0.39 is 0 Å². The average molecular weight is 370 g/mol. The molecule has 0 radical (unpaired) electrons. The summed E-state index contributed by atoms with van der Waals surface area (Å²) in [5.41, 5.74) is 0.155. The Hall–Kier alpha value is -0.610. The number of hydrogen-bond donors (Lipinski definition) is 0. The first kappa shape index (κ1) is 23.4. The highest BCUT2D eigenvalue weighted by atomic mass is 16.7. The zero-order valence-corrected chi connectivity index (χ0v) is 18.8. The molecule has 4 nitrogen and oxygen atoms in total. The molecule has 0 aromatic rings. The largest absolute Gasteiger partial charge is 0.466 e. The number of ether oxygens (including phenoxy) is 1. The highest BCUT2D eigenvalue weighted by Crippen LogP contribution is 2.47. The molecule has 1 atom stereocenters. The number of rotatable bonds is 8. The van der Waals surface area contributed by atoms with Gasteiger partial charge in [0.15, 0.2) is 0 Å². The zero-order valence-electron chi connectivity index (χ0n) is 18.8. The monoisotopic (exact) mass is 369 g/mol. The van der Waals surface area contributed by atoms with E-state index in [-0.39, 0.29) is 28.4 Å². The molecule has 1 heterocycles. The van der Waals surface area contributed by atoms with Crippen LogP contribution < -0.4 is 0 Å². The van der Waals surface area contributed by atoms with Crippen LogP contribution in [-0.4, -0.2) is 35.3 Å². The van der Waals surface area contributed by atoms with Gasteiger partial charge in [-0.1, -0.05) is 40.5 Å². The fraction of sp³-hybridized carbons (Fsp3) is 0.955. The topological polar surface area (TPSA) is 38.8 Å². The maximum absolute atomic E-state index is 12.3. The predicted molar refractivity (Wildman–Crippen MR) is 108 cm³/mol. The summed E-state index contributed by atoms with van der Waals surface area (Å²) in [7, 11) is 0. The van der Waals surface area contributed by atoms with Gasteiger partial charge in [-0.3, -0.25) is 9.63 Å². The lowest BCUT2D eigenvalue weighted by Gasteiger charge is -2.56. The lowest BCUT2D eigenvalue weighted by molar-refractivity contribution is -0.297. The molecule has 1 saturated heterocycles. The van der Waals surface area contributed by atoms with Gasteiger partial charge in [-0.15, -0.1) is 0 Å². The minimum atomic E-state index is -0.179. The third kappa shape index (κ3) is 6.23. The number of carbonyl (C=O) groups is 1. The highest BCUT2D eigenvalue weighted by molar-refractivity contribution is 5.72. The Balaban J connectivity index is 2.87. The average Bonchev–Trinajstić information content (AvgIpc) is 2.47. The molecular weight excluding hydrogens is 326 g/mol. The third-order valence-corrected chi connectivity index (χ3v) is 5.75. The molecule has 1 rings (SSSR count). The van der Waals surface area contributed by atoms with Crippen molar-refractivity contribution in [1.29, 1.82) is 0 Å². The van der Waals surface area contributed by atoms with E-state index in [1.54, 1.807) is 0 Å². The van der Waals surface area contributed by atoms with E-state index in [1.165, 1.54) is 0 Å². The first-order chi connectivity index (χ1) is 11.8. The van der Waals surface area contributed by atoms with Gasteiger partial charge in [0.1, 0.15) is 0 Å². The summed E-state index contributed by atoms with van der Waals surface area (Å²) in [6.07, 6.45) is 5.11. The molecule has 0 N–H and O–H groups in total. The van der Waals surface area contributed by atoms with Crippen molar-refractivity contribution < 1.29 is 14.4 Å². The summed E-state index contributed by atoms with van der Waals surface area (Å²) in [6, 6.07) is 0. The van der Waals surface area contributed by atoms with Crippen molar-refractivity contribution in [3.05, 3.63) is 0 Å². The highest BCUT2D eigenvalue weighted by Gasteiger charge is 2.49. The van der Waals surface area contributed by atoms with Gasteiger partial charge < -0.3 is 4.74 Å². The van der Waals surface area contributed by atoms with Crippen LogP contribution in [0.25, 0.3) is 0 Å². The van der Waals surface area contributed by atoms with Crippen molar-refractivity contribution >= 4 is 5.97 Å². The maximum Gasteiger partial charge on any atom is 0.311 e. The van der Waals surface area contributed by atoms with E-state index in [0.717, 1.165) is 32.1 Å². The second-order valence-corrected chi connectivity index (χ2v) is 10.3. The van der Waals surface area contributed by atoms with Crippen molar-refractivity contribution in [2.45, 2.75) is 105 Å². The quantitative estimate of drug-likeness (QED) is 0.522. The minimum absolute atomic E-state index is 0.0658. The number of piperidine rings is 1. The molecule has 0 saturated carbocycles. The number of hydroxylamine groups is 2. The Labute approximate surface area is 161 Å². The fourth-order valence-corrected chi connectivity index (χ4v) is 4.37. The van der Waals surface area contributed by atoms with Gasteiger partial charge >= 0.3 is 5.97 Å². The van der Waals surface area contributed by atoms with Gasteiger partial charge in [0.25, 0.3) is 0 Å². The van der Waals surface area contributed by atoms with Gasteiger partial charge in [-0.05, 0) is 65.2 Å². The Morgan fingerprint density at radius 1 is 1.12 bits per heavy atom. The number of unbranched alkanes of at least 4 members (excludes halogenated alkanes) is 1. The number of carbonyl (C=O) groups excluding carboxylic acids is 1. The van der Waals surface area contributed by atoms with Crippen LogP contribution in [0.3, 0.4) is 0 Å². The summed E-state index contributed by atoms with van der Waals surface area (Å²) >= 11 is 0. The van der Waals surface area contributed by atoms with Crippen LogP contribution in [0.5, 0.6) is 0 Å². The Morgan fingerprint density at radius 2 is 1.65 bits per heavy atom. The molecule has 1 unspecified atom stereocenters. The first-order valence-electron chi connectivity index (χ1n) is 10.4. The van der Waals surface area contributed by atoms with Gasteiger partial charge in [0, 0.05) is 11.1 Å². The molecule has 1 aliphatic heterocycles. The standard InChI is InChI=1S/C22H43NO3/c1-10-12-13-17(19(24)25-11-2)16-26-23-21(6,7)14-18(20(3,4)5)15-22(23,8)9/h17-18H,10-16H2,1-9H3. The smallest absolute Gasteiger partial charge is 0.311 e. The molecule has 0 spiro atoms. The normalized spacial score (nSPS) is 22.2. The van der Waals surface area contributed by atoms with Crippen LogP contribution in [0.1, 0.15) is 94.4 Å². The molecule has 0 aromatic carbocycles. The summed E-state index contributed by atoms with van der Waals surface area (Å²) in [5, 5.41) is 2.17. The van der Waals surface area contributed by atoms with Crippen LogP contribution in [0.2, 0.25) is 0 Å². The van der Waals surface area contributed by atoms with Crippen LogP contribution >= 0.6 is 0 Å². The van der Waals surface area contributed by atoms with E-state index >= 15 is 0 Å². The molecule has 1 fully saturated rings. The van der Waals surface area contributed by atoms with Crippen LogP contribution in [0, 0.1) is 17.3 Å². The Kier molecular flexibility index (Phi) is 8.16. The van der Waals surface area contributed by atoms with Gasteiger partial charge in [0.05, 0.1) is 19.1 Å². The number of nitrogens with zero attached hydrogens (tertiary/aromatic N) is 1. The van der Waals surface area contributed by atoms with Crippen molar-refractivity contribution in [3.8, 4) is 0 Å². The van der Waals surface area contributed by atoms with E-state index in [4.69, 9.17) is 9.57 Å². The predicted octanol–water partition coefficient (Wildman–Crippen LogP) is 5.60. The van der Waals surface area contributed by atoms with Gasteiger partial charge in [-0.25, -0.2) is 0 Å². The molecule has 26 heavy (non-hydrogen) atoms. The first-order valence-corrected chi connectivity index (χ1v) is 10.4. The van der Waals surface area contributed by atoms with Crippen molar-refractivity contribution in [1.82, 2.24) is 5.06 Å². The van der Waals surface area contributed by atoms with E-state index in [2.05, 4.69) is 60.5 Å². The second kappa shape index (κ2) is 9.05. The fourth-order valence-electron chi connectivity index (χ4n) is 4.37. The Bertz CT molecular complexity index is 433. The van der Waals surface area contributed by atoms with Crippen molar-refractivity contribution in [3.63, 3.8) is 0 Å². The molecule has 0 aromatic heterocycles. The molecule has 1 aliphatic rings. The zero-order chi connectivity index (χ0) is 20.2. The SMILES string of the molecule is CCCCC(CON1C(C)(C)CC(C(C)(C)C)CC1(C)C)C(=O)OCC. The van der Waals surface area contributed by atoms with Crippen LogP contribution in [0.4, 0.5) is 0 Å². The lowest BCUT2D eigenvalue weighted by Crippen LogP contribution is -2.62. The molecule has 4 heteroatoms. The van der Waals surface area contributed by atoms with Crippen molar-refractivity contribution in [2.24, 2.45) is 17.3 Å². The number of hydrogen-bond acceptors (Lipinski definition) is 4.